The Hall–Kier alpha value is -3.29. The largest absolute Gasteiger partial charge is 0.416 e. The zero-order valence-electron chi connectivity index (χ0n) is 16.3. The maximum atomic E-state index is 13.2. The van der Waals surface area contributed by atoms with E-state index < -0.39 is 17.6 Å². The second-order valence-electron chi connectivity index (χ2n) is 7.38. The summed E-state index contributed by atoms with van der Waals surface area (Å²) in [5.74, 6) is 0.103. The van der Waals surface area contributed by atoms with Gasteiger partial charge in [0.1, 0.15) is 11.4 Å². The number of fused-ring (bicyclic) bond motifs is 1. The minimum atomic E-state index is -4.47. The number of hydrogen-bond donors (Lipinski definition) is 2. The van der Waals surface area contributed by atoms with Gasteiger partial charge in [-0.15, -0.1) is 0 Å². The van der Waals surface area contributed by atoms with E-state index in [-0.39, 0.29) is 24.2 Å². The van der Waals surface area contributed by atoms with Crippen molar-refractivity contribution in [2.45, 2.75) is 38.1 Å². The molecule has 2 atom stereocenters. The fraction of sp³-hybridized carbons (Fsp3) is 0.273. The molecular formula is C22H21F3N4O. The van der Waals surface area contributed by atoms with Crippen LogP contribution in [0, 0.1) is 0 Å². The number of rotatable bonds is 4. The van der Waals surface area contributed by atoms with E-state index in [0.717, 1.165) is 18.1 Å². The van der Waals surface area contributed by atoms with Crippen LogP contribution in [-0.2, 0) is 12.7 Å². The summed E-state index contributed by atoms with van der Waals surface area (Å²) in [5, 5.41) is 10.3. The van der Waals surface area contributed by atoms with Crippen molar-refractivity contribution in [3.8, 4) is 0 Å². The van der Waals surface area contributed by atoms with E-state index in [2.05, 4.69) is 15.7 Å². The van der Waals surface area contributed by atoms with Crippen LogP contribution in [0.25, 0.3) is 0 Å². The maximum absolute atomic E-state index is 13.2. The van der Waals surface area contributed by atoms with E-state index in [1.807, 2.05) is 37.3 Å². The van der Waals surface area contributed by atoms with Gasteiger partial charge in [-0.3, -0.25) is 4.79 Å². The number of carbonyl (C=O) groups is 1. The van der Waals surface area contributed by atoms with E-state index in [0.29, 0.717) is 11.4 Å². The van der Waals surface area contributed by atoms with Crippen molar-refractivity contribution in [1.29, 1.82) is 0 Å². The average molecular weight is 414 g/mol. The van der Waals surface area contributed by atoms with E-state index in [9.17, 15) is 18.0 Å². The van der Waals surface area contributed by atoms with Gasteiger partial charge in [0.25, 0.3) is 5.91 Å². The molecule has 2 aromatic carbocycles. The number of anilines is 1. The van der Waals surface area contributed by atoms with Crippen LogP contribution in [0.15, 0.2) is 60.8 Å². The lowest BCUT2D eigenvalue weighted by Crippen LogP contribution is -2.29. The Labute approximate surface area is 171 Å². The van der Waals surface area contributed by atoms with Crippen molar-refractivity contribution in [2.24, 2.45) is 0 Å². The predicted molar refractivity (Wildman–Crippen MR) is 107 cm³/mol. The molecule has 0 saturated heterocycles. The van der Waals surface area contributed by atoms with Crippen LogP contribution in [0.4, 0.5) is 19.0 Å². The zero-order chi connectivity index (χ0) is 21.3. The number of benzene rings is 2. The number of hydrogen-bond acceptors (Lipinski definition) is 3. The number of nitrogens with zero attached hydrogens (tertiary/aromatic N) is 2. The molecule has 0 bridgehead atoms. The topological polar surface area (TPSA) is 59.0 Å². The third-order valence-corrected chi connectivity index (χ3v) is 5.31. The number of halogens is 3. The highest BCUT2D eigenvalue weighted by molar-refractivity contribution is 5.98. The second-order valence-corrected chi connectivity index (χ2v) is 7.38. The number of carbonyl (C=O) groups excluding carboxylic acids is 1. The Kier molecular flexibility index (Phi) is 5.24. The fourth-order valence-corrected chi connectivity index (χ4v) is 3.80. The Morgan fingerprint density at radius 1 is 1.17 bits per heavy atom. The van der Waals surface area contributed by atoms with Crippen LogP contribution >= 0.6 is 0 Å². The first-order chi connectivity index (χ1) is 14.3. The monoisotopic (exact) mass is 414 g/mol. The quantitative estimate of drug-likeness (QED) is 0.635. The number of nitrogens with one attached hydrogen (secondary N) is 2. The van der Waals surface area contributed by atoms with E-state index >= 15 is 0 Å². The van der Waals surface area contributed by atoms with Gasteiger partial charge in [-0.1, -0.05) is 48.5 Å². The standard InChI is InChI=1S/C22H21F3N4O/c1-14-11-19(15-7-3-2-4-8-15)28-20-17(13-27-29(14)20)21(30)26-12-16-9-5-6-10-18(16)22(23,24)25/h2-10,13-14,19,28H,11-12H2,1H3,(H,26,30). The lowest BCUT2D eigenvalue weighted by molar-refractivity contribution is -0.138. The molecule has 2 unspecified atom stereocenters. The smallest absolute Gasteiger partial charge is 0.363 e. The third kappa shape index (κ3) is 3.90. The number of amides is 1. The van der Waals surface area contributed by atoms with Crippen LogP contribution in [0.2, 0.25) is 0 Å². The summed E-state index contributed by atoms with van der Waals surface area (Å²) in [6, 6.07) is 15.2. The zero-order valence-corrected chi connectivity index (χ0v) is 16.3. The fourth-order valence-electron chi connectivity index (χ4n) is 3.80. The third-order valence-electron chi connectivity index (χ3n) is 5.31. The molecule has 4 rings (SSSR count). The lowest BCUT2D eigenvalue weighted by Gasteiger charge is -2.31. The van der Waals surface area contributed by atoms with Gasteiger partial charge in [0.05, 0.1) is 23.8 Å². The summed E-state index contributed by atoms with van der Waals surface area (Å²) in [6.45, 7) is 1.80. The lowest BCUT2D eigenvalue weighted by atomic mass is 9.98. The van der Waals surface area contributed by atoms with Gasteiger partial charge in [-0.25, -0.2) is 4.68 Å². The number of aromatic nitrogens is 2. The molecule has 2 N–H and O–H groups in total. The van der Waals surface area contributed by atoms with Crippen molar-refractivity contribution in [3.05, 3.63) is 83.0 Å². The van der Waals surface area contributed by atoms with Crippen LogP contribution in [0.1, 0.15) is 52.5 Å². The molecule has 8 heteroatoms. The first kappa shape index (κ1) is 20.0. The van der Waals surface area contributed by atoms with Gasteiger partial charge in [0.2, 0.25) is 0 Å². The highest BCUT2D eigenvalue weighted by Crippen LogP contribution is 2.36. The molecule has 0 spiro atoms. The molecule has 3 aromatic rings. The molecule has 0 aliphatic carbocycles. The Morgan fingerprint density at radius 3 is 2.60 bits per heavy atom. The summed E-state index contributed by atoms with van der Waals surface area (Å²) in [6.07, 6.45) is -2.21. The second kappa shape index (κ2) is 7.85. The van der Waals surface area contributed by atoms with E-state index in [4.69, 9.17) is 0 Å². The molecule has 0 fully saturated rings. The summed E-state index contributed by atoms with van der Waals surface area (Å²) >= 11 is 0. The van der Waals surface area contributed by atoms with E-state index in [1.165, 1.54) is 24.4 Å². The van der Waals surface area contributed by atoms with Crippen molar-refractivity contribution >= 4 is 11.7 Å². The van der Waals surface area contributed by atoms with Crippen LogP contribution in [0.5, 0.6) is 0 Å². The van der Waals surface area contributed by atoms with Crippen molar-refractivity contribution in [1.82, 2.24) is 15.1 Å². The predicted octanol–water partition coefficient (Wildman–Crippen LogP) is 4.95. The number of alkyl halides is 3. The van der Waals surface area contributed by atoms with Gasteiger partial charge in [0, 0.05) is 6.54 Å². The summed E-state index contributed by atoms with van der Waals surface area (Å²) < 4.78 is 41.3. The van der Waals surface area contributed by atoms with Crippen molar-refractivity contribution in [2.75, 3.05) is 5.32 Å². The Morgan fingerprint density at radius 2 is 1.87 bits per heavy atom. The highest BCUT2D eigenvalue weighted by Gasteiger charge is 2.33. The molecule has 156 valence electrons. The highest BCUT2D eigenvalue weighted by atomic mass is 19.4. The molecule has 30 heavy (non-hydrogen) atoms. The van der Waals surface area contributed by atoms with Crippen molar-refractivity contribution < 1.29 is 18.0 Å². The van der Waals surface area contributed by atoms with Crippen LogP contribution in [-0.4, -0.2) is 15.7 Å². The first-order valence-corrected chi connectivity index (χ1v) is 9.67. The van der Waals surface area contributed by atoms with Gasteiger partial charge < -0.3 is 10.6 Å². The SMILES string of the molecule is CC1CC(c2ccccc2)Nc2c(C(=O)NCc3ccccc3C(F)(F)F)cnn21. The van der Waals surface area contributed by atoms with E-state index in [1.54, 1.807) is 4.68 Å². The molecular weight excluding hydrogens is 393 g/mol. The van der Waals surface area contributed by atoms with Gasteiger partial charge >= 0.3 is 6.18 Å². The first-order valence-electron chi connectivity index (χ1n) is 9.67. The minimum absolute atomic E-state index is 0.0166. The van der Waals surface area contributed by atoms with Gasteiger partial charge in [-0.2, -0.15) is 18.3 Å². The molecule has 1 aliphatic heterocycles. The molecule has 2 heterocycles. The van der Waals surface area contributed by atoms with Crippen LogP contribution < -0.4 is 10.6 Å². The molecule has 5 nitrogen and oxygen atoms in total. The molecule has 1 amide bonds. The van der Waals surface area contributed by atoms with Gasteiger partial charge in [0.15, 0.2) is 0 Å². The molecule has 0 saturated carbocycles. The molecule has 1 aromatic heterocycles. The normalized spacial score (nSPS) is 18.4. The van der Waals surface area contributed by atoms with Crippen molar-refractivity contribution in [3.63, 3.8) is 0 Å². The summed E-state index contributed by atoms with van der Waals surface area (Å²) in [7, 11) is 0. The Bertz CT molecular complexity index is 1050. The molecule has 0 radical (unpaired) electrons. The van der Waals surface area contributed by atoms with Crippen LogP contribution in [0.3, 0.4) is 0 Å². The van der Waals surface area contributed by atoms with Gasteiger partial charge in [-0.05, 0) is 30.5 Å². The average Bonchev–Trinajstić information content (AvgIpc) is 3.17. The molecule has 1 aliphatic rings. The summed E-state index contributed by atoms with van der Waals surface area (Å²) in [5.41, 5.74) is 0.676. The minimum Gasteiger partial charge on any atom is -0.363 e. The summed E-state index contributed by atoms with van der Waals surface area (Å²) in [4.78, 5) is 12.8. The maximum Gasteiger partial charge on any atom is 0.416 e. The Balaban J connectivity index is 1.54.